The van der Waals surface area contributed by atoms with Crippen molar-refractivity contribution >= 4 is 9.84 Å². The SMILES string of the molecule is O=S1(=O)CC(O)C(N2CCCOCC2)C1. The predicted octanol–water partition coefficient (Wildman–Crippen LogP) is -1.13. The van der Waals surface area contributed by atoms with E-state index in [1.165, 1.54) is 0 Å². The summed E-state index contributed by atoms with van der Waals surface area (Å²) in [5, 5.41) is 9.71. The highest BCUT2D eigenvalue weighted by molar-refractivity contribution is 7.91. The molecule has 2 heterocycles. The summed E-state index contributed by atoms with van der Waals surface area (Å²) < 4.78 is 28.0. The van der Waals surface area contributed by atoms with Crippen LogP contribution in [0.1, 0.15) is 6.42 Å². The van der Waals surface area contributed by atoms with Crippen LogP contribution in [0.2, 0.25) is 0 Å². The van der Waals surface area contributed by atoms with Gasteiger partial charge in [-0.1, -0.05) is 0 Å². The van der Waals surface area contributed by atoms with Gasteiger partial charge in [0.2, 0.25) is 0 Å². The number of aliphatic hydroxyl groups excluding tert-OH is 1. The van der Waals surface area contributed by atoms with Crippen LogP contribution in [0, 0.1) is 0 Å². The highest BCUT2D eigenvalue weighted by Crippen LogP contribution is 2.19. The average Bonchev–Trinajstić information content (AvgIpc) is 2.41. The Bertz CT molecular complexity index is 308. The van der Waals surface area contributed by atoms with Crippen LogP contribution in [0.15, 0.2) is 0 Å². The highest BCUT2D eigenvalue weighted by atomic mass is 32.2. The zero-order valence-electron chi connectivity index (χ0n) is 8.63. The van der Waals surface area contributed by atoms with E-state index in [-0.39, 0.29) is 17.5 Å². The maximum Gasteiger partial charge on any atom is 0.154 e. The van der Waals surface area contributed by atoms with Gasteiger partial charge in [-0.05, 0) is 6.42 Å². The second kappa shape index (κ2) is 4.37. The van der Waals surface area contributed by atoms with Gasteiger partial charge < -0.3 is 9.84 Å². The molecule has 6 heteroatoms. The molecule has 0 aromatic heterocycles. The number of ether oxygens (including phenoxy) is 1. The molecule has 2 aliphatic rings. The first-order valence-electron chi connectivity index (χ1n) is 5.29. The minimum atomic E-state index is -3.04. The van der Waals surface area contributed by atoms with Crippen molar-refractivity contribution in [2.45, 2.75) is 18.6 Å². The van der Waals surface area contributed by atoms with E-state index in [0.717, 1.165) is 26.1 Å². The molecular formula is C9H17NO4S. The summed E-state index contributed by atoms with van der Waals surface area (Å²) in [5.74, 6) is 0.00317. The molecule has 2 aliphatic heterocycles. The van der Waals surface area contributed by atoms with Crippen LogP contribution in [0.4, 0.5) is 0 Å². The second-order valence-electron chi connectivity index (χ2n) is 4.21. The predicted molar refractivity (Wildman–Crippen MR) is 55.5 cm³/mol. The third-order valence-corrected chi connectivity index (χ3v) is 4.72. The molecule has 15 heavy (non-hydrogen) atoms. The number of hydrogen-bond acceptors (Lipinski definition) is 5. The summed E-state index contributed by atoms with van der Waals surface area (Å²) in [4.78, 5) is 2.04. The van der Waals surface area contributed by atoms with Crippen molar-refractivity contribution in [3.05, 3.63) is 0 Å². The van der Waals surface area contributed by atoms with Gasteiger partial charge in [0.25, 0.3) is 0 Å². The average molecular weight is 235 g/mol. The van der Waals surface area contributed by atoms with Gasteiger partial charge in [-0.25, -0.2) is 8.42 Å². The van der Waals surface area contributed by atoms with Crippen molar-refractivity contribution in [3.8, 4) is 0 Å². The quantitative estimate of drug-likeness (QED) is 0.623. The van der Waals surface area contributed by atoms with E-state index in [2.05, 4.69) is 0 Å². The number of nitrogens with zero attached hydrogens (tertiary/aromatic N) is 1. The normalized spacial score (nSPS) is 37.7. The monoisotopic (exact) mass is 235 g/mol. The second-order valence-corrected chi connectivity index (χ2v) is 6.37. The van der Waals surface area contributed by atoms with Gasteiger partial charge in [0, 0.05) is 19.7 Å². The molecule has 5 nitrogen and oxygen atoms in total. The maximum atomic E-state index is 11.4. The van der Waals surface area contributed by atoms with Gasteiger partial charge in [0.05, 0.1) is 30.3 Å². The lowest BCUT2D eigenvalue weighted by atomic mass is 10.2. The van der Waals surface area contributed by atoms with Crippen molar-refractivity contribution in [2.75, 3.05) is 37.8 Å². The lowest BCUT2D eigenvalue weighted by Crippen LogP contribution is -2.44. The van der Waals surface area contributed by atoms with Gasteiger partial charge in [0.1, 0.15) is 0 Å². The molecular weight excluding hydrogens is 218 g/mol. The van der Waals surface area contributed by atoms with Crippen LogP contribution in [0.25, 0.3) is 0 Å². The Labute approximate surface area is 89.9 Å². The number of aliphatic hydroxyl groups is 1. The molecule has 0 amide bonds. The molecule has 2 saturated heterocycles. The van der Waals surface area contributed by atoms with Crippen LogP contribution in [-0.4, -0.2) is 68.4 Å². The Morgan fingerprint density at radius 1 is 1.20 bits per heavy atom. The van der Waals surface area contributed by atoms with E-state index < -0.39 is 15.9 Å². The fraction of sp³-hybridized carbons (Fsp3) is 1.00. The molecule has 0 saturated carbocycles. The molecule has 0 bridgehead atoms. The molecule has 0 aromatic rings. The smallest absolute Gasteiger partial charge is 0.154 e. The molecule has 2 rings (SSSR count). The van der Waals surface area contributed by atoms with Crippen molar-refractivity contribution in [1.29, 1.82) is 0 Å². The summed E-state index contributed by atoms with van der Waals surface area (Å²) in [6.07, 6.45) is 0.177. The third kappa shape index (κ3) is 2.69. The van der Waals surface area contributed by atoms with Crippen molar-refractivity contribution < 1.29 is 18.3 Å². The first-order valence-corrected chi connectivity index (χ1v) is 7.11. The topological polar surface area (TPSA) is 66.8 Å². The van der Waals surface area contributed by atoms with Gasteiger partial charge in [0.15, 0.2) is 9.84 Å². The van der Waals surface area contributed by atoms with Crippen LogP contribution < -0.4 is 0 Å². The highest BCUT2D eigenvalue weighted by Gasteiger charge is 2.39. The molecule has 2 unspecified atom stereocenters. The maximum absolute atomic E-state index is 11.4. The first-order chi connectivity index (χ1) is 7.08. The molecule has 88 valence electrons. The third-order valence-electron chi connectivity index (χ3n) is 3.02. The van der Waals surface area contributed by atoms with E-state index in [0.29, 0.717) is 6.61 Å². The van der Waals surface area contributed by atoms with Crippen LogP contribution in [-0.2, 0) is 14.6 Å². The number of hydrogen-bond donors (Lipinski definition) is 1. The lowest BCUT2D eigenvalue weighted by Gasteiger charge is -2.27. The molecule has 1 N–H and O–H groups in total. The van der Waals surface area contributed by atoms with E-state index >= 15 is 0 Å². The van der Waals surface area contributed by atoms with Crippen molar-refractivity contribution in [1.82, 2.24) is 4.90 Å². The van der Waals surface area contributed by atoms with E-state index in [4.69, 9.17) is 4.74 Å². The van der Waals surface area contributed by atoms with Gasteiger partial charge >= 0.3 is 0 Å². The molecule has 0 spiro atoms. The van der Waals surface area contributed by atoms with E-state index in [1.54, 1.807) is 0 Å². The zero-order chi connectivity index (χ0) is 10.9. The summed E-state index contributed by atoms with van der Waals surface area (Å²) >= 11 is 0. The van der Waals surface area contributed by atoms with Crippen LogP contribution in [0.5, 0.6) is 0 Å². The number of sulfone groups is 1. The van der Waals surface area contributed by atoms with Crippen LogP contribution in [0.3, 0.4) is 0 Å². The fourth-order valence-electron chi connectivity index (χ4n) is 2.26. The van der Waals surface area contributed by atoms with Gasteiger partial charge in [-0.3, -0.25) is 4.90 Å². The molecule has 2 atom stereocenters. The first kappa shape index (κ1) is 11.3. The Morgan fingerprint density at radius 3 is 2.67 bits per heavy atom. The van der Waals surface area contributed by atoms with Gasteiger partial charge in [-0.2, -0.15) is 0 Å². The summed E-state index contributed by atoms with van der Waals surface area (Å²) in [6.45, 7) is 2.89. The fourth-order valence-corrected chi connectivity index (χ4v) is 4.09. The number of rotatable bonds is 1. The summed E-state index contributed by atoms with van der Waals surface area (Å²) in [6, 6.07) is -0.225. The van der Waals surface area contributed by atoms with Crippen molar-refractivity contribution in [2.24, 2.45) is 0 Å². The Balaban J connectivity index is 2.03. The van der Waals surface area contributed by atoms with E-state index in [9.17, 15) is 13.5 Å². The van der Waals surface area contributed by atoms with Crippen molar-refractivity contribution in [3.63, 3.8) is 0 Å². The van der Waals surface area contributed by atoms with Gasteiger partial charge in [-0.15, -0.1) is 0 Å². The Morgan fingerprint density at radius 2 is 2.00 bits per heavy atom. The molecule has 0 aliphatic carbocycles. The summed E-state index contributed by atoms with van der Waals surface area (Å²) in [5.41, 5.74) is 0. The largest absolute Gasteiger partial charge is 0.390 e. The lowest BCUT2D eigenvalue weighted by molar-refractivity contribution is 0.0773. The standard InChI is InChI=1S/C9H17NO4S/c11-9-7-15(12,13)6-8(9)10-2-1-4-14-5-3-10/h8-9,11H,1-7H2. The summed E-state index contributed by atoms with van der Waals surface area (Å²) in [7, 11) is -3.04. The van der Waals surface area contributed by atoms with E-state index in [1.807, 2.05) is 4.90 Å². The minimum absolute atomic E-state index is 0.0883. The Hall–Kier alpha value is -0.170. The molecule has 0 radical (unpaired) electrons. The van der Waals surface area contributed by atoms with Crippen LogP contribution >= 0.6 is 0 Å². The Kier molecular flexibility index (Phi) is 3.30. The molecule has 0 aromatic carbocycles. The minimum Gasteiger partial charge on any atom is -0.390 e. The zero-order valence-corrected chi connectivity index (χ0v) is 9.45. The molecule has 2 fully saturated rings.